The topological polar surface area (TPSA) is 72.2 Å². The molecule has 0 radical (unpaired) electrons. The summed E-state index contributed by atoms with van der Waals surface area (Å²) in [4.78, 5) is 0.301. The van der Waals surface area contributed by atoms with Gasteiger partial charge in [0.1, 0.15) is 0 Å². The number of nitrogens with one attached hydrogen (secondary N) is 1. The minimum atomic E-state index is -3.44. The zero-order valence-corrected chi connectivity index (χ0v) is 11.5. The maximum absolute atomic E-state index is 12.2. The van der Waals surface area contributed by atoms with Crippen LogP contribution in [0.5, 0.6) is 0 Å². The molecular weight excluding hydrogens is 248 g/mol. The summed E-state index contributed by atoms with van der Waals surface area (Å²) in [5.74, 6) is 0. The van der Waals surface area contributed by atoms with Gasteiger partial charge in [-0.2, -0.15) is 0 Å². The summed E-state index contributed by atoms with van der Waals surface area (Å²) in [5.41, 5.74) is 6.36. The molecule has 1 aliphatic carbocycles. The monoisotopic (exact) mass is 268 g/mol. The lowest BCUT2D eigenvalue weighted by molar-refractivity contribution is 0.166. The van der Waals surface area contributed by atoms with Crippen LogP contribution in [-0.2, 0) is 16.6 Å². The molecule has 1 aromatic carbocycles. The third kappa shape index (κ3) is 2.74. The molecule has 0 aliphatic heterocycles. The average Bonchev–Trinajstić information content (AvgIpc) is 2.34. The van der Waals surface area contributed by atoms with Gasteiger partial charge in [-0.1, -0.05) is 31.5 Å². The number of hydrogen-bond acceptors (Lipinski definition) is 3. The van der Waals surface area contributed by atoms with Gasteiger partial charge >= 0.3 is 0 Å². The summed E-state index contributed by atoms with van der Waals surface area (Å²) in [6.07, 6.45) is 3.37. The molecule has 0 heterocycles. The Hall–Kier alpha value is -0.910. The van der Waals surface area contributed by atoms with E-state index in [-0.39, 0.29) is 12.0 Å². The van der Waals surface area contributed by atoms with E-state index in [1.807, 2.05) is 0 Å². The van der Waals surface area contributed by atoms with Gasteiger partial charge in [0.15, 0.2) is 0 Å². The van der Waals surface area contributed by atoms with Crippen molar-refractivity contribution in [1.29, 1.82) is 0 Å². The van der Waals surface area contributed by atoms with Crippen LogP contribution in [0, 0.1) is 5.41 Å². The highest BCUT2D eigenvalue weighted by Gasteiger charge is 2.33. The lowest BCUT2D eigenvalue weighted by atomic mass is 9.71. The van der Waals surface area contributed by atoms with Gasteiger partial charge in [-0.25, -0.2) is 13.1 Å². The van der Waals surface area contributed by atoms with Crippen molar-refractivity contribution in [3.8, 4) is 0 Å². The Morgan fingerprint density at radius 3 is 2.56 bits per heavy atom. The molecule has 18 heavy (non-hydrogen) atoms. The van der Waals surface area contributed by atoms with E-state index in [2.05, 4.69) is 11.6 Å². The summed E-state index contributed by atoms with van der Waals surface area (Å²) >= 11 is 0. The molecule has 5 heteroatoms. The number of rotatable bonds is 5. The first-order chi connectivity index (χ1) is 8.47. The van der Waals surface area contributed by atoms with Crippen LogP contribution in [0.25, 0.3) is 0 Å². The molecule has 0 bridgehead atoms. The van der Waals surface area contributed by atoms with Gasteiger partial charge in [0.05, 0.1) is 4.90 Å². The van der Waals surface area contributed by atoms with Gasteiger partial charge in [-0.3, -0.25) is 0 Å². The van der Waals surface area contributed by atoms with Crippen LogP contribution in [0.3, 0.4) is 0 Å². The molecule has 0 atom stereocenters. The van der Waals surface area contributed by atoms with E-state index in [9.17, 15) is 8.42 Å². The Morgan fingerprint density at radius 2 is 2.00 bits per heavy atom. The number of hydrogen-bond donors (Lipinski definition) is 2. The number of nitrogens with two attached hydrogens (primary N) is 1. The fourth-order valence-corrected chi connectivity index (χ4v) is 3.69. The average molecular weight is 268 g/mol. The van der Waals surface area contributed by atoms with Gasteiger partial charge in [-0.05, 0) is 29.9 Å². The Morgan fingerprint density at radius 1 is 1.33 bits per heavy atom. The molecule has 0 saturated heterocycles. The summed E-state index contributed by atoms with van der Waals surface area (Å²) in [6, 6.07) is 6.88. The summed E-state index contributed by atoms with van der Waals surface area (Å²) < 4.78 is 27.2. The Kier molecular flexibility index (Phi) is 3.75. The van der Waals surface area contributed by atoms with Crippen molar-refractivity contribution in [2.45, 2.75) is 37.6 Å². The summed E-state index contributed by atoms with van der Waals surface area (Å²) in [7, 11) is -3.44. The minimum absolute atomic E-state index is 0.130. The molecule has 4 nitrogen and oxygen atoms in total. The highest BCUT2D eigenvalue weighted by molar-refractivity contribution is 7.89. The van der Waals surface area contributed by atoms with Crippen LogP contribution >= 0.6 is 0 Å². The zero-order valence-electron chi connectivity index (χ0n) is 10.6. The van der Waals surface area contributed by atoms with Crippen LogP contribution in [0.1, 0.15) is 31.7 Å². The third-order valence-electron chi connectivity index (χ3n) is 3.73. The highest BCUT2D eigenvalue weighted by atomic mass is 32.2. The SMILES string of the molecule is CC1(CNS(=O)(=O)c2ccccc2CN)CCC1. The van der Waals surface area contributed by atoms with Gasteiger partial charge < -0.3 is 5.73 Å². The van der Waals surface area contributed by atoms with Crippen molar-refractivity contribution >= 4 is 10.0 Å². The van der Waals surface area contributed by atoms with Crippen LogP contribution in [0.15, 0.2) is 29.2 Å². The first-order valence-electron chi connectivity index (χ1n) is 6.24. The molecule has 1 saturated carbocycles. The Labute approximate surface area is 109 Å². The fraction of sp³-hybridized carbons (Fsp3) is 0.538. The third-order valence-corrected chi connectivity index (χ3v) is 5.23. The van der Waals surface area contributed by atoms with E-state index in [0.717, 1.165) is 12.8 Å². The van der Waals surface area contributed by atoms with Gasteiger partial charge in [-0.15, -0.1) is 0 Å². The highest BCUT2D eigenvalue weighted by Crippen LogP contribution is 2.39. The first kappa shape index (κ1) is 13.5. The fourth-order valence-electron chi connectivity index (χ4n) is 2.24. The lowest BCUT2D eigenvalue weighted by Gasteiger charge is -2.38. The predicted octanol–water partition coefficient (Wildman–Crippen LogP) is 1.61. The van der Waals surface area contributed by atoms with Crippen molar-refractivity contribution in [2.24, 2.45) is 11.1 Å². The largest absolute Gasteiger partial charge is 0.326 e. The molecule has 1 aliphatic rings. The second-order valence-electron chi connectivity index (χ2n) is 5.30. The molecule has 100 valence electrons. The van der Waals surface area contributed by atoms with E-state index in [0.29, 0.717) is 17.0 Å². The number of sulfonamides is 1. The molecule has 0 unspecified atom stereocenters. The normalized spacial score (nSPS) is 18.3. The van der Waals surface area contributed by atoms with Crippen LogP contribution in [-0.4, -0.2) is 15.0 Å². The quantitative estimate of drug-likeness (QED) is 0.852. The van der Waals surface area contributed by atoms with Gasteiger partial charge in [0.2, 0.25) is 10.0 Å². The number of benzene rings is 1. The minimum Gasteiger partial charge on any atom is -0.326 e. The van der Waals surface area contributed by atoms with Crippen molar-refractivity contribution in [2.75, 3.05) is 6.54 Å². The van der Waals surface area contributed by atoms with E-state index in [1.54, 1.807) is 24.3 Å². The second-order valence-corrected chi connectivity index (χ2v) is 7.04. The maximum atomic E-state index is 12.2. The Bertz CT molecular complexity index is 522. The van der Waals surface area contributed by atoms with Crippen molar-refractivity contribution in [3.05, 3.63) is 29.8 Å². The molecule has 0 aromatic heterocycles. The summed E-state index contributed by atoms with van der Waals surface area (Å²) in [5, 5.41) is 0. The van der Waals surface area contributed by atoms with Crippen LogP contribution in [0.4, 0.5) is 0 Å². The van der Waals surface area contributed by atoms with Gasteiger partial charge in [0.25, 0.3) is 0 Å². The first-order valence-corrected chi connectivity index (χ1v) is 7.73. The van der Waals surface area contributed by atoms with Crippen molar-refractivity contribution in [3.63, 3.8) is 0 Å². The van der Waals surface area contributed by atoms with Crippen molar-refractivity contribution < 1.29 is 8.42 Å². The smallest absolute Gasteiger partial charge is 0.240 e. The lowest BCUT2D eigenvalue weighted by Crippen LogP contribution is -2.40. The van der Waals surface area contributed by atoms with E-state index in [4.69, 9.17) is 5.73 Å². The molecule has 2 rings (SSSR count). The van der Waals surface area contributed by atoms with Crippen LogP contribution in [0.2, 0.25) is 0 Å². The summed E-state index contributed by atoms with van der Waals surface area (Å²) in [6.45, 7) is 2.86. The standard InChI is InChI=1S/C13H20N2O2S/c1-13(7-4-8-13)10-15-18(16,17)12-6-3-2-5-11(12)9-14/h2-3,5-6,15H,4,7-10,14H2,1H3. The molecular formula is C13H20N2O2S. The molecule has 1 aromatic rings. The molecule has 1 fully saturated rings. The van der Waals surface area contributed by atoms with Crippen molar-refractivity contribution in [1.82, 2.24) is 4.72 Å². The maximum Gasteiger partial charge on any atom is 0.240 e. The molecule has 0 spiro atoms. The second kappa shape index (κ2) is 4.99. The van der Waals surface area contributed by atoms with Crippen LogP contribution < -0.4 is 10.5 Å². The van der Waals surface area contributed by atoms with Gasteiger partial charge in [0, 0.05) is 13.1 Å². The van der Waals surface area contributed by atoms with E-state index >= 15 is 0 Å². The Balaban J connectivity index is 2.15. The van der Waals surface area contributed by atoms with E-state index in [1.165, 1.54) is 6.42 Å². The molecule has 0 amide bonds. The predicted molar refractivity (Wildman–Crippen MR) is 71.5 cm³/mol. The zero-order chi connectivity index (χ0) is 13.2. The molecule has 3 N–H and O–H groups in total. The van der Waals surface area contributed by atoms with E-state index < -0.39 is 10.0 Å².